The fourth-order valence-electron chi connectivity index (χ4n) is 8.00. The first-order valence-corrected chi connectivity index (χ1v) is 19.7. The second kappa shape index (κ2) is 16.6. The van der Waals surface area contributed by atoms with Gasteiger partial charge < -0.3 is 38.9 Å². The van der Waals surface area contributed by atoms with E-state index in [1.54, 1.807) is 24.9 Å². The maximum absolute atomic E-state index is 14.2. The first-order chi connectivity index (χ1) is 28.0. The van der Waals surface area contributed by atoms with Crippen molar-refractivity contribution in [1.82, 2.24) is 20.2 Å². The van der Waals surface area contributed by atoms with Crippen LogP contribution in [0.2, 0.25) is 0 Å². The number of oxazole rings is 1. The summed E-state index contributed by atoms with van der Waals surface area (Å²) in [5.41, 5.74) is 7.70. The number of nitrogens with zero attached hydrogens (tertiary/aromatic N) is 3. The van der Waals surface area contributed by atoms with E-state index < -0.39 is 30.2 Å². The fourth-order valence-corrected chi connectivity index (χ4v) is 8.00. The number of benzene rings is 3. The summed E-state index contributed by atoms with van der Waals surface area (Å²) in [6, 6.07) is 19.1. The van der Waals surface area contributed by atoms with Gasteiger partial charge in [0.2, 0.25) is 5.91 Å². The monoisotopic (exact) mass is 788 g/mol. The quantitative estimate of drug-likeness (QED) is 0.138. The van der Waals surface area contributed by atoms with Crippen LogP contribution in [0.1, 0.15) is 76.0 Å². The lowest BCUT2D eigenvalue weighted by molar-refractivity contribution is -0.144. The summed E-state index contributed by atoms with van der Waals surface area (Å²) < 4.78 is 30.0. The van der Waals surface area contributed by atoms with Crippen LogP contribution in [0, 0.1) is 27.7 Å². The van der Waals surface area contributed by atoms with Crippen LogP contribution in [-0.2, 0) is 33.7 Å². The molecule has 0 aliphatic carbocycles. The summed E-state index contributed by atoms with van der Waals surface area (Å²) in [4.78, 5) is 37.3. The third-order valence-electron chi connectivity index (χ3n) is 11.4. The van der Waals surface area contributed by atoms with E-state index in [0.29, 0.717) is 36.4 Å². The number of aliphatic hydroxyl groups excluding tert-OH is 1. The number of aliphatic hydroxyl groups is 1. The number of pyridine rings is 1. The third-order valence-corrected chi connectivity index (χ3v) is 11.4. The highest BCUT2D eigenvalue weighted by atomic mass is 16.6. The normalized spacial score (nSPS) is 19.2. The fraction of sp³-hybridized carbons (Fsp3) is 0.378. The number of amides is 1. The molecule has 4 atom stereocenters. The van der Waals surface area contributed by atoms with Crippen LogP contribution in [0.15, 0.2) is 77.3 Å². The van der Waals surface area contributed by atoms with E-state index in [2.05, 4.69) is 15.3 Å². The highest BCUT2D eigenvalue weighted by Crippen LogP contribution is 2.42. The molecule has 3 aliphatic heterocycles. The zero-order valence-electron chi connectivity index (χ0n) is 33.1. The van der Waals surface area contributed by atoms with E-state index in [4.69, 9.17) is 23.4 Å². The lowest BCUT2D eigenvalue weighted by Gasteiger charge is -2.39. The molecular weight excluding hydrogens is 741 g/mol. The molecule has 0 spiro atoms. The number of rotatable bonds is 11. The zero-order valence-corrected chi connectivity index (χ0v) is 33.1. The van der Waals surface area contributed by atoms with Gasteiger partial charge in [-0.15, -0.1) is 0 Å². The number of carboxylic acids is 1. The van der Waals surface area contributed by atoms with Crippen LogP contribution in [0.3, 0.4) is 0 Å². The molecule has 3 aromatic carbocycles. The highest BCUT2D eigenvalue weighted by Gasteiger charge is 2.40. The largest absolute Gasteiger partial charge is 0.490 e. The summed E-state index contributed by atoms with van der Waals surface area (Å²) in [6.45, 7) is 9.23. The van der Waals surface area contributed by atoms with Gasteiger partial charge in [0, 0.05) is 44.6 Å². The van der Waals surface area contributed by atoms with Gasteiger partial charge in [-0.2, -0.15) is 0 Å². The van der Waals surface area contributed by atoms with E-state index in [0.717, 1.165) is 63.2 Å². The number of fused-ring (bicyclic) bond motifs is 2. The maximum Gasteiger partial charge on any atom is 0.326 e. The van der Waals surface area contributed by atoms with Gasteiger partial charge >= 0.3 is 5.97 Å². The van der Waals surface area contributed by atoms with Crippen LogP contribution >= 0.6 is 0 Å². The number of aliphatic carboxylic acids is 1. The van der Waals surface area contributed by atoms with Crippen molar-refractivity contribution < 1.29 is 43.2 Å². The van der Waals surface area contributed by atoms with Crippen LogP contribution in [0.25, 0.3) is 11.1 Å². The lowest BCUT2D eigenvalue weighted by atomic mass is 9.91. The molecule has 1 saturated heterocycles. The van der Waals surface area contributed by atoms with Crippen LogP contribution in [0.5, 0.6) is 17.2 Å². The van der Waals surface area contributed by atoms with Gasteiger partial charge in [-0.1, -0.05) is 36.4 Å². The van der Waals surface area contributed by atoms with Gasteiger partial charge in [0.05, 0.1) is 19.3 Å². The van der Waals surface area contributed by atoms with Crippen LogP contribution in [0.4, 0.5) is 0 Å². The van der Waals surface area contributed by atoms with E-state index >= 15 is 0 Å². The van der Waals surface area contributed by atoms with Gasteiger partial charge in [-0.25, -0.2) is 9.78 Å². The number of aryl methyl sites for hydroxylation is 3. The molecule has 8 rings (SSSR count). The van der Waals surface area contributed by atoms with Crippen molar-refractivity contribution in [1.29, 1.82) is 0 Å². The van der Waals surface area contributed by atoms with Crippen molar-refractivity contribution in [3.05, 3.63) is 124 Å². The molecule has 3 N–H and O–H groups in total. The Labute approximate surface area is 336 Å². The van der Waals surface area contributed by atoms with Gasteiger partial charge in [0.15, 0.2) is 29.7 Å². The molecule has 3 aliphatic rings. The molecule has 13 nitrogen and oxygen atoms in total. The van der Waals surface area contributed by atoms with Crippen molar-refractivity contribution in [3.8, 4) is 28.4 Å². The number of aromatic nitrogens is 2. The first kappa shape index (κ1) is 39.1. The maximum atomic E-state index is 14.2. The number of carboxylic acid groups (broad SMARTS) is 1. The molecule has 0 bridgehead atoms. The van der Waals surface area contributed by atoms with Gasteiger partial charge in [0.25, 0.3) is 0 Å². The molecular formula is C45H48N4O9. The second-order valence-electron chi connectivity index (χ2n) is 15.3. The Morgan fingerprint density at radius 3 is 2.41 bits per heavy atom. The minimum atomic E-state index is -1.32. The Balaban J connectivity index is 1.01. The van der Waals surface area contributed by atoms with Gasteiger partial charge in [-0.05, 0) is 96.5 Å². The molecule has 1 fully saturated rings. The number of hydrogen-bond donors (Lipinski definition) is 3. The second-order valence-corrected chi connectivity index (χ2v) is 15.3. The SMILES string of the molecule is Cc1nc(C(O)N2Cc3cc4c(cc3C[C@H]2C(=O)N[C@@H](Cc2ccc(-c3ccnc(C)c3C)cc2)C(=O)O)OC[C@H](c2ccc(OC3CCOCC3)cc2)O4)c(C)o1. The van der Waals surface area contributed by atoms with E-state index in [1.807, 2.05) is 80.6 Å². The standard InChI is InChI=1S/C45H48N4O9/c1-25-26(2)46-16-13-36(25)30-7-5-29(6-8-30)19-37(45(52)53)48-43(50)38-20-32-21-39-40(22-33(32)23-49(38)44(51)42-27(3)56-28(4)47-42)58-41(24-55-39)31-9-11-34(12-10-31)57-35-14-17-54-18-15-35/h5-13,16,21-22,35,37-38,41,44,51H,14-15,17-20,23-24H2,1-4H3,(H,48,50)(H,52,53)/t37-,38-,41+,44?/m0/s1. The average molecular weight is 789 g/mol. The van der Waals surface area contributed by atoms with Crippen molar-refractivity contribution in [2.75, 3.05) is 19.8 Å². The van der Waals surface area contributed by atoms with E-state index in [1.165, 1.54) is 0 Å². The minimum absolute atomic E-state index is 0.0642. The summed E-state index contributed by atoms with van der Waals surface area (Å²) in [6.07, 6.45) is 2.21. The molecule has 13 heteroatoms. The summed E-state index contributed by atoms with van der Waals surface area (Å²) in [7, 11) is 0. The van der Waals surface area contributed by atoms with Gasteiger partial charge in [-0.3, -0.25) is 14.7 Å². The Morgan fingerprint density at radius 2 is 1.71 bits per heavy atom. The van der Waals surface area contributed by atoms with Crippen molar-refractivity contribution in [3.63, 3.8) is 0 Å². The van der Waals surface area contributed by atoms with E-state index in [-0.39, 0.29) is 43.9 Å². The van der Waals surface area contributed by atoms with Gasteiger partial charge in [0.1, 0.15) is 36.0 Å². The Bertz CT molecular complexity index is 2280. The average Bonchev–Trinajstić information content (AvgIpc) is 3.57. The molecule has 1 unspecified atom stereocenters. The van der Waals surface area contributed by atoms with Crippen LogP contribution in [-0.4, -0.2) is 75.0 Å². The summed E-state index contributed by atoms with van der Waals surface area (Å²) in [5, 5.41) is 24.9. The Kier molecular flexibility index (Phi) is 11.2. The molecule has 5 heterocycles. The molecule has 58 heavy (non-hydrogen) atoms. The molecule has 1 amide bonds. The number of ether oxygens (including phenoxy) is 4. The van der Waals surface area contributed by atoms with Crippen molar-refractivity contribution in [2.24, 2.45) is 0 Å². The Hall–Kier alpha value is -5.76. The molecule has 302 valence electrons. The molecule has 2 aromatic heterocycles. The Morgan fingerprint density at radius 1 is 0.966 bits per heavy atom. The number of carbonyl (C=O) groups excluding carboxylic acids is 1. The smallest absolute Gasteiger partial charge is 0.326 e. The van der Waals surface area contributed by atoms with E-state index in [9.17, 15) is 19.8 Å². The lowest BCUT2D eigenvalue weighted by Crippen LogP contribution is -2.55. The predicted molar refractivity (Wildman–Crippen MR) is 213 cm³/mol. The highest BCUT2D eigenvalue weighted by molar-refractivity contribution is 5.87. The zero-order chi connectivity index (χ0) is 40.5. The summed E-state index contributed by atoms with van der Waals surface area (Å²) in [5.74, 6) is 1.00. The van der Waals surface area contributed by atoms with Crippen molar-refractivity contribution in [2.45, 2.75) is 90.4 Å². The number of nitrogens with one attached hydrogen (secondary N) is 1. The summed E-state index contributed by atoms with van der Waals surface area (Å²) >= 11 is 0. The third kappa shape index (κ3) is 8.29. The molecule has 0 radical (unpaired) electrons. The topological polar surface area (TPSA) is 166 Å². The van der Waals surface area contributed by atoms with Crippen molar-refractivity contribution >= 4 is 11.9 Å². The van der Waals surface area contributed by atoms with Crippen LogP contribution < -0.4 is 19.5 Å². The minimum Gasteiger partial charge on any atom is -0.490 e. The molecule has 5 aromatic rings. The molecule has 0 saturated carbocycles. The number of hydrogen-bond acceptors (Lipinski definition) is 11. The number of carbonyl (C=O) groups is 2. The predicted octanol–water partition coefficient (Wildman–Crippen LogP) is 6.27. The first-order valence-electron chi connectivity index (χ1n) is 19.7.